The Balaban J connectivity index is 2.48. The van der Waals surface area contributed by atoms with E-state index in [2.05, 4.69) is 41.8 Å². The van der Waals surface area contributed by atoms with Crippen molar-refractivity contribution in [3.8, 4) is 11.4 Å². The topological polar surface area (TPSA) is 28.7 Å². The lowest BCUT2D eigenvalue weighted by molar-refractivity contribution is -0.141. The Morgan fingerprint density at radius 2 is 1.80 bits per heavy atom. The number of hydrogen-bond acceptors (Lipinski definition) is 1. The Hall–Kier alpha value is -0.960. The summed E-state index contributed by atoms with van der Waals surface area (Å²) in [6.07, 6.45) is -7.24. The summed E-state index contributed by atoms with van der Waals surface area (Å²) in [7, 11) is 0. The highest BCUT2D eigenvalue weighted by Gasteiger charge is 2.36. The third-order valence-electron chi connectivity index (χ3n) is 2.44. The van der Waals surface area contributed by atoms with Gasteiger partial charge in [-0.1, -0.05) is 22.0 Å². The number of aromatic nitrogens is 2. The summed E-state index contributed by atoms with van der Waals surface area (Å²) in [5.74, 6) is -0.0723. The van der Waals surface area contributed by atoms with E-state index in [0.29, 0.717) is 0 Å². The molecular formula is C11H5Br2F5N2. The van der Waals surface area contributed by atoms with Gasteiger partial charge in [0.15, 0.2) is 5.69 Å². The third kappa shape index (κ3) is 3.03. The lowest BCUT2D eigenvalue weighted by Crippen LogP contribution is -2.06. The molecule has 0 radical (unpaired) electrons. The van der Waals surface area contributed by atoms with Crippen LogP contribution in [0.15, 0.2) is 27.3 Å². The standard InChI is InChI=1S/C11H5Br2F5N2/c12-6-3-4(9(14)15)1-2-5(6)10-19-7(8(13)20-10)11(16,17)18/h1-3,9H,(H,19,20). The van der Waals surface area contributed by atoms with Crippen LogP contribution in [0.5, 0.6) is 0 Å². The molecule has 0 fully saturated rings. The van der Waals surface area contributed by atoms with E-state index >= 15 is 0 Å². The van der Waals surface area contributed by atoms with Crippen LogP contribution in [-0.4, -0.2) is 9.97 Å². The fraction of sp³-hybridized carbons (Fsp3) is 0.182. The van der Waals surface area contributed by atoms with Gasteiger partial charge in [0.25, 0.3) is 6.43 Å². The fourth-order valence-corrected chi connectivity index (χ4v) is 2.61. The van der Waals surface area contributed by atoms with E-state index in [1.54, 1.807) is 0 Å². The Kier molecular flexibility index (Phi) is 4.19. The molecular weight excluding hydrogens is 415 g/mol. The number of rotatable bonds is 2. The first-order valence-corrected chi connectivity index (χ1v) is 6.69. The minimum absolute atomic E-state index is 0.0723. The molecule has 1 aromatic heterocycles. The molecule has 20 heavy (non-hydrogen) atoms. The van der Waals surface area contributed by atoms with E-state index in [1.165, 1.54) is 6.07 Å². The fourth-order valence-electron chi connectivity index (χ4n) is 1.53. The largest absolute Gasteiger partial charge is 0.433 e. The molecule has 2 aromatic rings. The predicted molar refractivity (Wildman–Crippen MR) is 69.4 cm³/mol. The highest BCUT2D eigenvalue weighted by Crippen LogP contribution is 2.37. The van der Waals surface area contributed by atoms with Gasteiger partial charge in [-0.2, -0.15) is 13.2 Å². The zero-order valence-corrected chi connectivity index (χ0v) is 12.6. The summed E-state index contributed by atoms with van der Waals surface area (Å²) < 4.78 is 62.8. The van der Waals surface area contributed by atoms with Gasteiger partial charge in [-0.25, -0.2) is 13.8 Å². The second-order valence-electron chi connectivity index (χ2n) is 3.79. The molecule has 2 rings (SSSR count). The molecule has 0 unspecified atom stereocenters. The first-order chi connectivity index (χ1) is 9.20. The third-order valence-corrected chi connectivity index (χ3v) is 3.67. The molecule has 0 amide bonds. The van der Waals surface area contributed by atoms with Crippen molar-refractivity contribution in [1.29, 1.82) is 0 Å². The van der Waals surface area contributed by atoms with Gasteiger partial charge in [0.2, 0.25) is 0 Å². The molecule has 0 atom stereocenters. The van der Waals surface area contributed by atoms with Crippen molar-refractivity contribution >= 4 is 31.9 Å². The van der Waals surface area contributed by atoms with Gasteiger partial charge < -0.3 is 4.98 Å². The Morgan fingerprint density at radius 3 is 2.25 bits per heavy atom. The summed E-state index contributed by atoms with van der Waals surface area (Å²) in [5, 5.41) is 0. The smallest absolute Gasteiger partial charge is 0.333 e. The summed E-state index contributed by atoms with van der Waals surface area (Å²) in [6, 6.07) is 3.55. The van der Waals surface area contributed by atoms with E-state index in [0.717, 1.165) is 12.1 Å². The lowest BCUT2D eigenvalue weighted by atomic mass is 10.1. The van der Waals surface area contributed by atoms with Crippen LogP contribution < -0.4 is 0 Å². The number of halogens is 7. The van der Waals surface area contributed by atoms with Gasteiger partial charge in [0.05, 0.1) is 0 Å². The SMILES string of the molecule is FC(F)c1ccc(-c2nc(Br)c(C(F)(F)F)[nH]2)c(Br)c1. The number of nitrogens with zero attached hydrogens (tertiary/aromatic N) is 1. The highest BCUT2D eigenvalue weighted by molar-refractivity contribution is 9.10. The number of alkyl halides is 5. The van der Waals surface area contributed by atoms with E-state index in [1.807, 2.05) is 0 Å². The van der Waals surface area contributed by atoms with Gasteiger partial charge >= 0.3 is 6.18 Å². The molecule has 0 spiro atoms. The maximum atomic E-state index is 12.6. The molecule has 0 saturated carbocycles. The molecule has 1 N–H and O–H groups in total. The van der Waals surface area contributed by atoms with Crippen molar-refractivity contribution in [3.05, 3.63) is 38.5 Å². The van der Waals surface area contributed by atoms with Gasteiger partial charge in [-0.15, -0.1) is 0 Å². The minimum Gasteiger partial charge on any atom is -0.333 e. The molecule has 1 aromatic carbocycles. The van der Waals surface area contributed by atoms with Crippen LogP contribution in [0.4, 0.5) is 22.0 Å². The maximum Gasteiger partial charge on any atom is 0.433 e. The number of imidazole rings is 1. The van der Waals surface area contributed by atoms with Crippen LogP contribution in [0.2, 0.25) is 0 Å². The highest BCUT2D eigenvalue weighted by atomic mass is 79.9. The first kappa shape index (κ1) is 15.4. The average Bonchev–Trinajstić information content (AvgIpc) is 2.70. The number of nitrogens with one attached hydrogen (secondary N) is 1. The van der Waals surface area contributed by atoms with Crippen LogP contribution in [0.3, 0.4) is 0 Å². The Morgan fingerprint density at radius 1 is 1.15 bits per heavy atom. The van der Waals surface area contributed by atoms with Crippen LogP contribution >= 0.6 is 31.9 Å². The number of aromatic amines is 1. The van der Waals surface area contributed by atoms with Crippen molar-refractivity contribution in [2.24, 2.45) is 0 Å². The van der Waals surface area contributed by atoms with Crippen molar-refractivity contribution in [1.82, 2.24) is 9.97 Å². The molecule has 0 bridgehead atoms. The van der Waals surface area contributed by atoms with Gasteiger partial charge in [-0.05, 0) is 28.1 Å². The van der Waals surface area contributed by atoms with Gasteiger partial charge in [0.1, 0.15) is 10.4 Å². The summed E-state index contributed by atoms with van der Waals surface area (Å²) in [4.78, 5) is 5.83. The van der Waals surface area contributed by atoms with Crippen LogP contribution in [-0.2, 0) is 6.18 Å². The van der Waals surface area contributed by atoms with Crippen LogP contribution in [0.25, 0.3) is 11.4 Å². The summed E-state index contributed by atoms with van der Waals surface area (Å²) in [5.41, 5.74) is -1.01. The van der Waals surface area contributed by atoms with E-state index in [9.17, 15) is 22.0 Å². The average molecular weight is 420 g/mol. The minimum atomic E-state index is -4.58. The molecule has 0 aliphatic carbocycles. The van der Waals surface area contributed by atoms with E-state index in [4.69, 9.17) is 0 Å². The van der Waals surface area contributed by atoms with Crippen molar-refractivity contribution in [3.63, 3.8) is 0 Å². The molecule has 0 aliphatic rings. The second kappa shape index (κ2) is 5.44. The van der Waals surface area contributed by atoms with Gasteiger partial charge in [0, 0.05) is 15.6 Å². The zero-order valence-electron chi connectivity index (χ0n) is 9.40. The van der Waals surface area contributed by atoms with Gasteiger partial charge in [-0.3, -0.25) is 0 Å². The van der Waals surface area contributed by atoms with Crippen molar-refractivity contribution in [2.75, 3.05) is 0 Å². The molecule has 9 heteroatoms. The Bertz CT molecular complexity index is 636. The molecule has 1 heterocycles. The summed E-state index contributed by atoms with van der Waals surface area (Å²) in [6.45, 7) is 0. The zero-order chi connectivity index (χ0) is 15.1. The van der Waals surface area contributed by atoms with Crippen molar-refractivity contribution < 1.29 is 22.0 Å². The molecule has 0 aliphatic heterocycles. The molecule has 2 nitrogen and oxygen atoms in total. The molecule has 108 valence electrons. The van der Waals surface area contributed by atoms with Crippen LogP contribution in [0.1, 0.15) is 17.7 Å². The van der Waals surface area contributed by atoms with Crippen LogP contribution in [0, 0.1) is 0 Å². The Labute approximate surface area is 126 Å². The number of H-pyrrole nitrogens is 1. The van der Waals surface area contributed by atoms with E-state index < -0.39 is 18.3 Å². The number of benzene rings is 1. The molecule has 0 saturated heterocycles. The quantitative estimate of drug-likeness (QED) is 0.634. The van der Waals surface area contributed by atoms with E-state index in [-0.39, 0.29) is 26.0 Å². The first-order valence-electron chi connectivity index (χ1n) is 5.11. The number of hydrogen-bond donors (Lipinski definition) is 1. The maximum absolute atomic E-state index is 12.6. The normalized spacial score (nSPS) is 12.2. The predicted octanol–water partition coefficient (Wildman–Crippen LogP) is 5.56. The summed E-state index contributed by atoms with van der Waals surface area (Å²) >= 11 is 5.76. The second-order valence-corrected chi connectivity index (χ2v) is 5.39. The lowest BCUT2D eigenvalue weighted by Gasteiger charge is -2.05. The monoisotopic (exact) mass is 418 g/mol. The van der Waals surface area contributed by atoms with Crippen molar-refractivity contribution in [2.45, 2.75) is 12.6 Å².